The maximum atomic E-state index is 14.0. The molecule has 34 heavy (non-hydrogen) atoms. The van der Waals surface area contributed by atoms with E-state index in [9.17, 15) is 9.59 Å². The number of H-pyrrole nitrogens is 1. The fourth-order valence-electron chi connectivity index (χ4n) is 6.31. The van der Waals surface area contributed by atoms with Crippen molar-refractivity contribution in [1.29, 1.82) is 0 Å². The smallest absolute Gasteiger partial charge is 0.246 e. The Balaban J connectivity index is 1.46. The van der Waals surface area contributed by atoms with Gasteiger partial charge in [-0.05, 0) is 60.9 Å². The Labute approximate surface area is 199 Å². The van der Waals surface area contributed by atoms with E-state index >= 15 is 0 Å². The number of nitrogens with one attached hydrogen (secondary N) is 1. The van der Waals surface area contributed by atoms with Gasteiger partial charge in [0.25, 0.3) is 0 Å². The Morgan fingerprint density at radius 1 is 1.00 bits per heavy atom. The lowest BCUT2D eigenvalue weighted by Gasteiger charge is -2.49. The minimum atomic E-state index is -0.483. The number of fused-ring (bicyclic) bond motifs is 4. The summed E-state index contributed by atoms with van der Waals surface area (Å²) < 4.78 is 5.49. The van der Waals surface area contributed by atoms with Crippen LogP contribution in [-0.4, -0.2) is 52.3 Å². The average molecular weight is 458 g/mol. The highest BCUT2D eigenvalue weighted by atomic mass is 16.5. The molecule has 0 unspecified atom stereocenters. The van der Waals surface area contributed by atoms with Gasteiger partial charge in [-0.3, -0.25) is 9.59 Å². The minimum absolute atomic E-state index is 0.0281. The molecular weight excluding hydrogens is 426 g/mol. The number of carbonyl (C=O) groups is 2. The van der Waals surface area contributed by atoms with Gasteiger partial charge in [-0.15, -0.1) is 0 Å². The SMILES string of the molecule is COc1cccc([C@@H]2c3[nH]c4ccccc4c3C[C@@H]3C(=O)N(C4CCC(C)CC4)CC(=O)N23)c1. The summed E-state index contributed by atoms with van der Waals surface area (Å²) in [6.07, 6.45) is 4.77. The largest absolute Gasteiger partial charge is 0.497 e. The summed E-state index contributed by atoms with van der Waals surface area (Å²) in [6, 6.07) is 15.4. The number of nitrogens with zero attached hydrogens (tertiary/aromatic N) is 2. The van der Waals surface area contributed by atoms with E-state index < -0.39 is 6.04 Å². The molecule has 2 fully saturated rings. The van der Waals surface area contributed by atoms with Crippen molar-refractivity contribution in [3.05, 3.63) is 65.4 Å². The quantitative estimate of drug-likeness (QED) is 0.632. The molecule has 2 aromatic carbocycles. The van der Waals surface area contributed by atoms with Gasteiger partial charge in [0.2, 0.25) is 11.8 Å². The van der Waals surface area contributed by atoms with Crippen LogP contribution in [0.4, 0.5) is 0 Å². The third kappa shape index (κ3) is 3.30. The Kier molecular flexibility index (Phi) is 5.12. The van der Waals surface area contributed by atoms with Crippen molar-refractivity contribution < 1.29 is 14.3 Å². The van der Waals surface area contributed by atoms with E-state index in [4.69, 9.17) is 4.74 Å². The number of aromatic nitrogens is 1. The molecule has 1 saturated carbocycles. The van der Waals surface area contributed by atoms with Crippen molar-refractivity contribution in [2.24, 2.45) is 5.92 Å². The molecule has 2 aliphatic heterocycles. The lowest BCUT2D eigenvalue weighted by atomic mass is 9.83. The van der Waals surface area contributed by atoms with E-state index in [1.807, 2.05) is 46.2 Å². The second-order valence-electron chi connectivity index (χ2n) is 10.1. The van der Waals surface area contributed by atoms with Crippen molar-refractivity contribution in [2.45, 2.75) is 57.2 Å². The lowest BCUT2D eigenvalue weighted by molar-refractivity contribution is -0.161. The van der Waals surface area contributed by atoms with E-state index in [0.717, 1.165) is 59.2 Å². The van der Waals surface area contributed by atoms with Gasteiger partial charge in [0.15, 0.2) is 0 Å². The van der Waals surface area contributed by atoms with Crippen LogP contribution in [0.1, 0.15) is 55.5 Å². The first kappa shape index (κ1) is 21.3. The molecule has 6 rings (SSSR count). The van der Waals surface area contributed by atoms with Crippen LogP contribution in [-0.2, 0) is 16.0 Å². The first-order valence-electron chi connectivity index (χ1n) is 12.4. The molecule has 2 atom stereocenters. The average Bonchev–Trinajstić information content (AvgIpc) is 3.24. The summed E-state index contributed by atoms with van der Waals surface area (Å²) in [4.78, 5) is 35.0. The van der Waals surface area contributed by atoms with Gasteiger partial charge < -0.3 is 19.5 Å². The number of ether oxygens (including phenoxy) is 1. The Bertz CT molecular complexity index is 1260. The first-order chi connectivity index (χ1) is 16.5. The van der Waals surface area contributed by atoms with E-state index in [-0.39, 0.29) is 30.4 Å². The maximum Gasteiger partial charge on any atom is 0.246 e. The Morgan fingerprint density at radius 3 is 2.59 bits per heavy atom. The van der Waals surface area contributed by atoms with E-state index in [1.165, 1.54) is 0 Å². The number of hydrogen-bond donors (Lipinski definition) is 1. The van der Waals surface area contributed by atoms with Crippen LogP contribution in [0.25, 0.3) is 10.9 Å². The molecule has 0 bridgehead atoms. The highest BCUT2D eigenvalue weighted by Gasteiger charge is 2.49. The second kappa shape index (κ2) is 8.19. The van der Waals surface area contributed by atoms with Crippen molar-refractivity contribution in [3.8, 4) is 5.75 Å². The predicted octanol–water partition coefficient (Wildman–Crippen LogP) is 4.44. The maximum absolute atomic E-state index is 14.0. The fourth-order valence-corrected chi connectivity index (χ4v) is 6.31. The number of hydrogen-bond acceptors (Lipinski definition) is 3. The highest BCUT2D eigenvalue weighted by molar-refractivity contribution is 5.97. The van der Waals surface area contributed by atoms with Gasteiger partial charge >= 0.3 is 0 Å². The van der Waals surface area contributed by atoms with Gasteiger partial charge in [0, 0.05) is 29.1 Å². The van der Waals surface area contributed by atoms with Crippen LogP contribution in [0.2, 0.25) is 0 Å². The monoisotopic (exact) mass is 457 g/mol. The second-order valence-corrected chi connectivity index (χ2v) is 10.1. The van der Waals surface area contributed by atoms with Crippen LogP contribution >= 0.6 is 0 Å². The first-order valence-corrected chi connectivity index (χ1v) is 12.4. The zero-order chi connectivity index (χ0) is 23.4. The topological polar surface area (TPSA) is 65.6 Å². The van der Waals surface area contributed by atoms with Crippen LogP contribution < -0.4 is 4.74 Å². The molecule has 1 aliphatic carbocycles. The number of para-hydroxylation sites is 1. The minimum Gasteiger partial charge on any atom is -0.497 e. The van der Waals surface area contributed by atoms with E-state index in [0.29, 0.717) is 12.3 Å². The third-order valence-corrected chi connectivity index (χ3v) is 8.13. The lowest BCUT2D eigenvalue weighted by Crippen LogP contribution is -2.65. The molecule has 1 N–H and O–H groups in total. The van der Waals surface area contributed by atoms with Crippen molar-refractivity contribution >= 4 is 22.7 Å². The molecular formula is C28H31N3O3. The number of piperazine rings is 1. The van der Waals surface area contributed by atoms with Crippen molar-refractivity contribution in [1.82, 2.24) is 14.8 Å². The van der Waals surface area contributed by atoms with Crippen LogP contribution in [0.15, 0.2) is 48.5 Å². The van der Waals surface area contributed by atoms with Gasteiger partial charge in [0.05, 0.1) is 13.2 Å². The summed E-state index contributed by atoms with van der Waals surface area (Å²) >= 11 is 0. The number of rotatable bonds is 3. The zero-order valence-electron chi connectivity index (χ0n) is 19.8. The summed E-state index contributed by atoms with van der Waals surface area (Å²) in [6.45, 7) is 2.45. The zero-order valence-corrected chi connectivity index (χ0v) is 19.8. The molecule has 3 aromatic rings. The molecule has 3 heterocycles. The molecule has 2 amide bonds. The number of amides is 2. The van der Waals surface area contributed by atoms with Gasteiger partial charge in [-0.2, -0.15) is 0 Å². The van der Waals surface area contributed by atoms with E-state index in [2.05, 4.69) is 24.0 Å². The third-order valence-electron chi connectivity index (χ3n) is 8.13. The van der Waals surface area contributed by atoms with Crippen LogP contribution in [0.5, 0.6) is 5.75 Å². The number of benzene rings is 2. The molecule has 176 valence electrons. The van der Waals surface area contributed by atoms with Gasteiger partial charge in [-0.25, -0.2) is 0 Å². The summed E-state index contributed by atoms with van der Waals surface area (Å²) in [5.74, 6) is 1.57. The normalized spacial score (nSPS) is 27.0. The highest BCUT2D eigenvalue weighted by Crippen LogP contribution is 2.43. The van der Waals surface area contributed by atoms with Crippen molar-refractivity contribution in [2.75, 3.05) is 13.7 Å². The van der Waals surface area contributed by atoms with Crippen LogP contribution in [0, 0.1) is 5.92 Å². The molecule has 6 heteroatoms. The molecule has 3 aliphatic rings. The standard InChI is InChI=1S/C28H31N3O3/c1-17-10-12-19(13-11-17)30-16-25(32)31-24(28(30)33)15-22-21-8-3-4-9-23(21)29-26(22)27(31)18-6-5-7-20(14-18)34-2/h3-9,14,17,19,24,27,29H,10-13,15-16H2,1-2H3/t17?,19?,24-,27-/m1/s1. The number of carbonyl (C=O) groups excluding carboxylic acids is 2. The number of methoxy groups -OCH3 is 1. The summed E-state index contributed by atoms with van der Waals surface area (Å²) in [5, 5.41) is 1.13. The molecule has 0 radical (unpaired) electrons. The van der Waals surface area contributed by atoms with Crippen molar-refractivity contribution in [3.63, 3.8) is 0 Å². The van der Waals surface area contributed by atoms with Gasteiger partial charge in [-0.1, -0.05) is 37.3 Å². The Morgan fingerprint density at radius 2 is 1.79 bits per heavy atom. The molecule has 0 spiro atoms. The van der Waals surface area contributed by atoms with Gasteiger partial charge in [0.1, 0.15) is 18.3 Å². The molecule has 6 nitrogen and oxygen atoms in total. The fraction of sp³-hybridized carbons (Fsp3) is 0.429. The number of aromatic amines is 1. The summed E-state index contributed by atoms with van der Waals surface area (Å²) in [5.41, 5.74) is 4.15. The predicted molar refractivity (Wildman–Crippen MR) is 131 cm³/mol. The Hall–Kier alpha value is -3.28. The molecule has 1 saturated heterocycles. The molecule has 1 aromatic heterocycles. The van der Waals surface area contributed by atoms with Crippen LogP contribution in [0.3, 0.4) is 0 Å². The van der Waals surface area contributed by atoms with E-state index in [1.54, 1.807) is 7.11 Å². The summed E-state index contributed by atoms with van der Waals surface area (Å²) in [7, 11) is 1.65.